The molecule has 0 unspecified atom stereocenters. The minimum absolute atomic E-state index is 0.452. The predicted octanol–water partition coefficient (Wildman–Crippen LogP) is 4.57. The van der Waals surface area contributed by atoms with Gasteiger partial charge >= 0.3 is 0 Å². The number of nitriles is 1. The van der Waals surface area contributed by atoms with Crippen LogP contribution in [0.5, 0.6) is 0 Å². The summed E-state index contributed by atoms with van der Waals surface area (Å²) in [6, 6.07) is 15.8. The molecule has 108 valence electrons. The molecule has 4 heteroatoms. The number of hydrogen-bond acceptors (Lipinski definition) is 4. The number of anilines is 2. The number of rotatable bonds is 3. The van der Waals surface area contributed by atoms with E-state index in [2.05, 4.69) is 36.3 Å². The molecule has 2 aromatic carbocycles. The van der Waals surface area contributed by atoms with Gasteiger partial charge in [-0.2, -0.15) is 5.26 Å². The van der Waals surface area contributed by atoms with Crippen molar-refractivity contribution >= 4 is 11.7 Å². The number of oxazole rings is 1. The van der Waals surface area contributed by atoms with Crippen molar-refractivity contribution < 1.29 is 4.42 Å². The highest BCUT2D eigenvalue weighted by Crippen LogP contribution is 2.26. The molecule has 0 amide bonds. The number of aromatic nitrogens is 1. The third kappa shape index (κ3) is 2.70. The molecule has 1 N–H and O–H groups in total. The fourth-order valence-electron chi connectivity index (χ4n) is 2.18. The molecule has 3 aromatic rings. The van der Waals surface area contributed by atoms with E-state index < -0.39 is 0 Å². The molecule has 0 aliphatic carbocycles. The quantitative estimate of drug-likeness (QED) is 0.767. The van der Waals surface area contributed by atoms with E-state index in [4.69, 9.17) is 9.68 Å². The molecule has 1 heterocycles. The minimum Gasteiger partial charge on any atom is -0.423 e. The molecule has 3 rings (SSSR count). The van der Waals surface area contributed by atoms with E-state index >= 15 is 0 Å². The van der Waals surface area contributed by atoms with Gasteiger partial charge in [0.15, 0.2) is 5.76 Å². The lowest BCUT2D eigenvalue weighted by Gasteiger charge is -2.08. The molecule has 0 aliphatic heterocycles. The van der Waals surface area contributed by atoms with Gasteiger partial charge in [-0.1, -0.05) is 12.1 Å². The average Bonchev–Trinajstić information content (AvgIpc) is 3.00. The second kappa shape index (κ2) is 5.74. The Morgan fingerprint density at radius 2 is 1.86 bits per heavy atom. The number of nitrogens with zero attached hydrogens (tertiary/aromatic N) is 2. The Kier molecular flexibility index (Phi) is 3.63. The summed E-state index contributed by atoms with van der Waals surface area (Å²) in [4.78, 5) is 4.26. The molecule has 0 fully saturated rings. The van der Waals surface area contributed by atoms with Gasteiger partial charge in [-0.05, 0) is 55.3 Å². The van der Waals surface area contributed by atoms with Crippen LogP contribution in [0, 0.1) is 25.2 Å². The molecule has 22 heavy (non-hydrogen) atoms. The SMILES string of the molecule is Cc1cccc(Nc2ncc(-c3ccc(C#N)cc3)o2)c1C. The topological polar surface area (TPSA) is 61.9 Å². The molecule has 0 atom stereocenters. The van der Waals surface area contributed by atoms with Crippen LogP contribution in [0.3, 0.4) is 0 Å². The lowest BCUT2D eigenvalue weighted by molar-refractivity contribution is 0.592. The zero-order chi connectivity index (χ0) is 15.5. The predicted molar refractivity (Wildman–Crippen MR) is 85.9 cm³/mol. The van der Waals surface area contributed by atoms with Gasteiger partial charge in [-0.3, -0.25) is 0 Å². The van der Waals surface area contributed by atoms with Crippen LogP contribution in [0.1, 0.15) is 16.7 Å². The summed E-state index contributed by atoms with van der Waals surface area (Å²) in [5.41, 5.74) is 4.87. The molecule has 0 saturated carbocycles. The van der Waals surface area contributed by atoms with E-state index in [0.717, 1.165) is 11.3 Å². The lowest BCUT2D eigenvalue weighted by Crippen LogP contribution is -1.94. The summed E-state index contributed by atoms with van der Waals surface area (Å²) >= 11 is 0. The fourth-order valence-corrected chi connectivity index (χ4v) is 2.18. The lowest BCUT2D eigenvalue weighted by atomic mass is 10.1. The van der Waals surface area contributed by atoms with Crippen LogP contribution in [-0.2, 0) is 0 Å². The third-order valence-corrected chi connectivity index (χ3v) is 3.65. The van der Waals surface area contributed by atoms with Gasteiger partial charge in [0, 0.05) is 11.3 Å². The molecule has 0 spiro atoms. The van der Waals surface area contributed by atoms with Crippen molar-refractivity contribution in [1.29, 1.82) is 5.26 Å². The summed E-state index contributed by atoms with van der Waals surface area (Å²) in [5.74, 6) is 0.664. The zero-order valence-corrected chi connectivity index (χ0v) is 12.4. The van der Waals surface area contributed by atoms with Gasteiger partial charge in [0.2, 0.25) is 0 Å². The van der Waals surface area contributed by atoms with Crippen molar-refractivity contribution in [3.8, 4) is 17.4 Å². The number of nitrogens with one attached hydrogen (secondary N) is 1. The second-order valence-corrected chi connectivity index (χ2v) is 5.09. The highest BCUT2D eigenvalue weighted by Gasteiger charge is 2.08. The van der Waals surface area contributed by atoms with Crippen LogP contribution >= 0.6 is 0 Å². The normalized spacial score (nSPS) is 10.2. The fraction of sp³-hybridized carbons (Fsp3) is 0.111. The van der Waals surface area contributed by atoms with Crippen molar-refractivity contribution in [2.24, 2.45) is 0 Å². The van der Waals surface area contributed by atoms with Crippen LogP contribution < -0.4 is 5.32 Å². The summed E-state index contributed by atoms with van der Waals surface area (Å²) in [5, 5.41) is 12.0. The standard InChI is InChI=1S/C18H15N3O/c1-12-4-3-5-16(13(12)2)21-18-20-11-17(22-18)15-8-6-14(10-19)7-9-15/h3-9,11H,1-2H3,(H,20,21). The molecule has 0 aliphatic rings. The van der Waals surface area contributed by atoms with Crippen LogP contribution in [0.4, 0.5) is 11.7 Å². The summed E-state index contributed by atoms with van der Waals surface area (Å²) in [6.07, 6.45) is 1.68. The van der Waals surface area contributed by atoms with Gasteiger partial charge in [0.25, 0.3) is 6.01 Å². The summed E-state index contributed by atoms with van der Waals surface area (Å²) < 4.78 is 5.74. The van der Waals surface area contributed by atoms with Gasteiger partial charge in [-0.25, -0.2) is 4.98 Å². The van der Waals surface area contributed by atoms with Gasteiger partial charge in [0.05, 0.1) is 17.8 Å². The molecule has 0 bridgehead atoms. The first-order valence-electron chi connectivity index (χ1n) is 6.97. The van der Waals surface area contributed by atoms with Gasteiger partial charge < -0.3 is 9.73 Å². The molecule has 0 radical (unpaired) electrons. The second-order valence-electron chi connectivity index (χ2n) is 5.09. The smallest absolute Gasteiger partial charge is 0.299 e. The first-order valence-corrected chi connectivity index (χ1v) is 6.97. The van der Waals surface area contributed by atoms with E-state index in [1.807, 2.05) is 24.3 Å². The number of hydrogen-bond donors (Lipinski definition) is 1. The first kappa shape index (κ1) is 13.9. The van der Waals surface area contributed by atoms with Crippen molar-refractivity contribution in [2.75, 3.05) is 5.32 Å². The van der Waals surface area contributed by atoms with Crippen LogP contribution in [-0.4, -0.2) is 4.98 Å². The number of benzene rings is 2. The van der Waals surface area contributed by atoms with E-state index in [9.17, 15) is 0 Å². The van der Waals surface area contributed by atoms with E-state index in [1.54, 1.807) is 18.3 Å². The monoisotopic (exact) mass is 289 g/mol. The highest BCUT2D eigenvalue weighted by atomic mass is 16.4. The maximum Gasteiger partial charge on any atom is 0.299 e. The van der Waals surface area contributed by atoms with Gasteiger partial charge in [0.1, 0.15) is 0 Å². The Bertz CT molecular complexity index is 842. The van der Waals surface area contributed by atoms with Crippen LogP contribution in [0.25, 0.3) is 11.3 Å². The highest BCUT2D eigenvalue weighted by molar-refractivity contribution is 5.62. The molecule has 4 nitrogen and oxygen atoms in total. The number of aryl methyl sites for hydroxylation is 1. The Hall–Kier alpha value is -3.06. The maximum absolute atomic E-state index is 8.82. The third-order valence-electron chi connectivity index (χ3n) is 3.65. The zero-order valence-electron chi connectivity index (χ0n) is 12.4. The van der Waals surface area contributed by atoms with E-state index in [0.29, 0.717) is 17.3 Å². The first-order chi connectivity index (χ1) is 10.7. The Morgan fingerprint density at radius 1 is 1.09 bits per heavy atom. The van der Waals surface area contributed by atoms with Crippen molar-refractivity contribution in [3.05, 3.63) is 65.4 Å². The summed E-state index contributed by atoms with van der Waals surface area (Å²) in [7, 11) is 0. The largest absolute Gasteiger partial charge is 0.423 e. The Labute approximate surface area is 129 Å². The molecular formula is C18H15N3O. The average molecular weight is 289 g/mol. The van der Waals surface area contributed by atoms with Gasteiger partial charge in [-0.15, -0.1) is 0 Å². The Morgan fingerprint density at radius 3 is 2.59 bits per heavy atom. The van der Waals surface area contributed by atoms with Crippen molar-refractivity contribution in [3.63, 3.8) is 0 Å². The van der Waals surface area contributed by atoms with E-state index in [1.165, 1.54) is 11.1 Å². The van der Waals surface area contributed by atoms with Crippen LogP contribution in [0.15, 0.2) is 53.1 Å². The molecular weight excluding hydrogens is 274 g/mol. The van der Waals surface area contributed by atoms with Crippen molar-refractivity contribution in [1.82, 2.24) is 4.98 Å². The molecule has 0 saturated heterocycles. The van der Waals surface area contributed by atoms with Crippen LogP contribution in [0.2, 0.25) is 0 Å². The summed E-state index contributed by atoms with van der Waals surface area (Å²) in [6.45, 7) is 4.13. The maximum atomic E-state index is 8.82. The Balaban J connectivity index is 1.84. The minimum atomic E-state index is 0.452. The molecule has 1 aromatic heterocycles. The van der Waals surface area contributed by atoms with Crippen molar-refractivity contribution in [2.45, 2.75) is 13.8 Å². The van der Waals surface area contributed by atoms with E-state index in [-0.39, 0.29) is 0 Å².